The summed E-state index contributed by atoms with van der Waals surface area (Å²) in [6, 6.07) is 13.0. The van der Waals surface area contributed by atoms with Gasteiger partial charge in [0, 0.05) is 9.79 Å². The van der Waals surface area contributed by atoms with Crippen molar-refractivity contribution in [1.82, 2.24) is 0 Å². The molecular weight excluding hydrogens is 506 g/mol. The Balaban J connectivity index is 0.000000390. The van der Waals surface area contributed by atoms with Crippen LogP contribution in [0.5, 0.6) is 0 Å². The third kappa shape index (κ3) is 18.6. The molecule has 0 bridgehead atoms. The Kier molecular flexibility index (Phi) is 18.3. The van der Waals surface area contributed by atoms with E-state index in [4.69, 9.17) is 10.2 Å². The summed E-state index contributed by atoms with van der Waals surface area (Å²) in [6.07, 6.45) is 20.4. The molecule has 0 radical (unpaired) electrons. The summed E-state index contributed by atoms with van der Waals surface area (Å²) >= 11 is 1.44. The highest BCUT2D eigenvalue weighted by Crippen LogP contribution is 2.28. The van der Waals surface area contributed by atoms with E-state index in [1.807, 2.05) is 0 Å². The largest absolute Gasteiger partial charge is 0.478 e. The zero-order valence-corrected chi connectivity index (χ0v) is 25.6. The molecule has 39 heavy (non-hydrogen) atoms. The van der Waals surface area contributed by atoms with Crippen molar-refractivity contribution in [3.05, 3.63) is 59.7 Å². The predicted molar refractivity (Wildman–Crippen MR) is 164 cm³/mol. The molecule has 0 unspecified atom stereocenters. The summed E-state index contributed by atoms with van der Waals surface area (Å²) in [4.78, 5) is 23.2. The maximum absolute atomic E-state index is 10.7. The molecular formula is C33H52NO4S+. The summed E-state index contributed by atoms with van der Waals surface area (Å²) in [7, 11) is 6.88. The first-order valence-electron chi connectivity index (χ1n) is 14.8. The molecule has 2 aromatic rings. The van der Waals surface area contributed by atoms with E-state index in [2.05, 4.69) is 28.1 Å². The number of carboxylic acid groups (broad SMARTS) is 2. The zero-order valence-electron chi connectivity index (χ0n) is 24.8. The molecule has 0 atom stereocenters. The van der Waals surface area contributed by atoms with Crippen LogP contribution in [0, 0.1) is 0 Å². The summed E-state index contributed by atoms with van der Waals surface area (Å²) in [5.41, 5.74) is 0.483. The maximum Gasteiger partial charge on any atom is 0.335 e. The second kappa shape index (κ2) is 20.6. The SMILES string of the molecule is CCCCCCCCCCCCCCCC[N+](C)(C)C.O=C(O)c1ccc(Sc2ccc(C(=O)O)cc2)cc1. The van der Waals surface area contributed by atoms with Crippen LogP contribution in [-0.4, -0.2) is 54.3 Å². The van der Waals surface area contributed by atoms with Crippen LogP contribution >= 0.6 is 11.8 Å². The molecule has 0 aliphatic rings. The van der Waals surface area contributed by atoms with Crippen molar-refractivity contribution in [2.45, 2.75) is 107 Å². The molecule has 2 N–H and O–H groups in total. The number of hydrogen-bond donors (Lipinski definition) is 2. The van der Waals surface area contributed by atoms with Gasteiger partial charge in [0.25, 0.3) is 0 Å². The number of unbranched alkanes of at least 4 members (excludes halogenated alkanes) is 13. The lowest BCUT2D eigenvalue weighted by Gasteiger charge is -2.23. The molecule has 2 rings (SSSR count). The Morgan fingerprint density at radius 2 is 0.872 bits per heavy atom. The van der Waals surface area contributed by atoms with Gasteiger partial charge < -0.3 is 14.7 Å². The highest BCUT2D eigenvalue weighted by molar-refractivity contribution is 7.99. The predicted octanol–water partition coefficient (Wildman–Crippen LogP) is 9.41. The van der Waals surface area contributed by atoms with E-state index in [0.29, 0.717) is 0 Å². The van der Waals surface area contributed by atoms with Crippen molar-refractivity contribution in [3.8, 4) is 0 Å². The number of carboxylic acids is 2. The van der Waals surface area contributed by atoms with Crippen LogP contribution in [0.3, 0.4) is 0 Å². The van der Waals surface area contributed by atoms with Gasteiger partial charge in [0.2, 0.25) is 0 Å². The summed E-state index contributed by atoms with van der Waals surface area (Å²) in [6.45, 7) is 3.63. The number of benzene rings is 2. The van der Waals surface area contributed by atoms with Crippen LogP contribution in [-0.2, 0) is 0 Å². The van der Waals surface area contributed by atoms with Crippen LogP contribution in [0.1, 0.15) is 118 Å². The van der Waals surface area contributed by atoms with Gasteiger partial charge in [-0.25, -0.2) is 9.59 Å². The average Bonchev–Trinajstić information content (AvgIpc) is 2.89. The summed E-state index contributed by atoms with van der Waals surface area (Å²) in [5, 5.41) is 17.6. The fraction of sp³-hybridized carbons (Fsp3) is 0.576. The van der Waals surface area contributed by atoms with E-state index in [-0.39, 0.29) is 11.1 Å². The smallest absolute Gasteiger partial charge is 0.335 e. The van der Waals surface area contributed by atoms with Gasteiger partial charge in [-0.3, -0.25) is 0 Å². The van der Waals surface area contributed by atoms with Crippen LogP contribution < -0.4 is 0 Å². The second-order valence-electron chi connectivity index (χ2n) is 11.4. The Morgan fingerprint density at radius 3 is 1.15 bits per heavy atom. The third-order valence-electron chi connectivity index (χ3n) is 6.62. The zero-order chi connectivity index (χ0) is 28.9. The monoisotopic (exact) mass is 558 g/mol. The van der Waals surface area contributed by atoms with Crippen molar-refractivity contribution in [3.63, 3.8) is 0 Å². The second-order valence-corrected chi connectivity index (χ2v) is 12.5. The van der Waals surface area contributed by atoms with Gasteiger partial charge in [0.05, 0.1) is 38.8 Å². The quantitative estimate of drug-likeness (QED) is 0.133. The Bertz CT molecular complexity index is 865. The number of quaternary nitrogens is 1. The van der Waals surface area contributed by atoms with Crippen LogP contribution in [0.25, 0.3) is 0 Å². The first-order valence-corrected chi connectivity index (χ1v) is 15.6. The average molecular weight is 559 g/mol. The number of aromatic carboxylic acids is 2. The van der Waals surface area contributed by atoms with Gasteiger partial charge >= 0.3 is 11.9 Å². The molecule has 0 aliphatic heterocycles. The van der Waals surface area contributed by atoms with Gasteiger partial charge in [-0.1, -0.05) is 95.7 Å². The molecule has 6 heteroatoms. The molecule has 0 aromatic heterocycles. The lowest BCUT2D eigenvalue weighted by molar-refractivity contribution is -0.870. The topological polar surface area (TPSA) is 74.6 Å². The van der Waals surface area contributed by atoms with Crippen LogP contribution in [0.2, 0.25) is 0 Å². The molecule has 0 fully saturated rings. The Hall–Kier alpha value is -2.31. The van der Waals surface area contributed by atoms with Crippen LogP contribution in [0.4, 0.5) is 0 Å². The number of rotatable bonds is 19. The molecule has 0 saturated heterocycles. The molecule has 218 valence electrons. The van der Waals surface area contributed by atoms with Crippen molar-refractivity contribution < 1.29 is 24.3 Å². The van der Waals surface area contributed by atoms with Crippen molar-refractivity contribution >= 4 is 23.7 Å². The summed E-state index contributed by atoms with van der Waals surface area (Å²) in [5.74, 6) is -1.91. The van der Waals surface area contributed by atoms with E-state index in [9.17, 15) is 9.59 Å². The molecule has 0 aliphatic carbocycles. The van der Waals surface area contributed by atoms with Crippen molar-refractivity contribution in [2.75, 3.05) is 27.7 Å². The standard InChI is InChI=1S/C19H42N.C14H10O4S/c1-5-6-7-8-9-10-11-12-13-14-15-16-17-18-19-20(2,3)4;15-13(16)9-1-5-11(6-2-9)19-12-7-3-10(4-8-12)14(17)18/h5-19H2,1-4H3;1-8H,(H,15,16)(H,17,18)/q+1;. The van der Waals surface area contributed by atoms with E-state index in [1.54, 1.807) is 24.3 Å². The molecule has 0 amide bonds. The highest BCUT2D eigenvalue weighted by atomic mass is 32.2. The Morgan fingerprint density at radius 1 is 0.564 bits per heavy atom. The highest BCUT2D eigenvalue weighted by Gasteiger charge is 2.06. The van der Waals surface area contributed by atoms with E-state index < -0.39 is 11.9 Å². The van der Waals surface area contributed by atoms with Gasteiger partial charge in [-0.2, -0.15) is 0 Å². The minimum Gasteiger partial charge on any atom is -0.478 e. The lowest BCUT2D eigenvalue weighted by Crippen LogP contribution is -2.35. The molecule has 2 aromatic carbocycles. The van der Waals surface area contributed by atoms with Crippen molar-refractivity contribution in [1.29, 1.82) is 0 Å². The van der Waals surface area contributed by atoms with E-state index in [0.717, 1.165) is 14.3 Å². The van der Waals surface area contributed by atoms with Gasteiger partial charge in [0.15, 0.2) is 0 Å². The molecule has 0 saturated carbocycles. The van der Waals surface area contributed by atoms with Crippen molar-refractivity contribution in [2.24, 2.45) is 0 Å². The normalized spacial score (nSPS) is 11.1. The van der Waals surface area contributed by atoms with Crippen LogP contribution in [0.15, 0.2) is 58.3 Å². The van der Waals surface area contributed by atoms with E-state index in [1.165, 1.54) is 132 Å². The Labute approximate surface area is 241 Å². The minimum absolute atomic E-state index is 0.241. The number of hydrogen-bond acceptors (Lipinski definition) is 3. The lowest BCUT2D eigenvalue weighted by atomic mass is 10.0. The number of carbonyl (C=O) groups is 2. The number of nitrogens with zero attached hydrogens (tertiary/aromatic N) is 1. The fourth-order valence-electron chi connectivity index (χ4n) is 4.25. The first-order chi connectivity index (χ1) is 18.6. The first kappa shape index (κ1) is 34.7. The molecule has 5 nitrogen and oxygen atoms in total. The molecule has 0 spiro atoms. The molecule has 0 heterocycles. The fourth-order valence-corrected chi connectivity index (χ4v) is 5.06. The van der Waals surface area contributed by atoms with Gasteiger partial charge in [-0.15, -0.1) is 0 Å². The minimum atomic E-state index is -0.956. The third-order valence-corrected chi connectivity index (χ3v) is 7.64. The van der Waals surface area contributed by atoms with Gasteiger partial charge in [-0.05, 0) is 61.4 Å². The van der Waals surface area contributed by atoms with E-state index >= 15 is 0 Å². The van der Waals surface area contributed by atoms with Gasteiger partial charge in [0.1, 0.15) is 0 Å². The summed E-state index contributed by atoms with van der Waals surface area (Å²) < 4.78 is 1.12. The maximum atomic E-state index is 10.7.